The molecule has 0 unspecified atom stereocenters. The lowest BCUT2D eigenvalue weighted by Crippen LogP contribution is -2.09. The zero-order chi connectivity index (χ0) is 16.3. The van der Waals surface area contributed by atoms with E-state index in [0.717, 1.165) is 22.9 Å². The molecule has 0 amide bonds. The second kappa shape index (κ2) is 6.62. The summed E-state index contributed by atoms with van der Waals surface area (Å²) in [5, 5.41) is 7.83. The van der Waals surface area contributed by atoms with Gasteiger partial charge >= 0.3 is 6.18 Å². The van der Waals surface area contributed by atoms with Crippen LogP contribution in [0, 0.1) is 0 Å². The number of hydrogen-bond acceptors (Lipinski definition) is 4. The van der Waals surface area contributed by atoms with Crippen LogP contribution in [-0.4, -0.2) is 23.1 Å². The molecule has 0 spiro atoms. The molecule has 2 rings (SSSR count). The maximum atomic E-state index is 13.1. The highest BCUT2D eigenvalue weighted by molar-refractivity contribution is 7.99. The third kappa shape index (κ3) is 3.75. The van der Waals surface area contributed by atoms with Crippen LogP contribution in [0.5, 0.6) is 0 Å². The van der Waals surface area contributed by atoms with Crippen molar-refractivity contribution in [3.63, 3.8) is 0 Å². The lowest BCUT2D eigenvalue weighted by atomic mass is 10.2. The highest BCUT2D eigenvalue weighted by Gasteiger charge is 2.38. The van der Waals surface area contributed by atoms with Gasteiger partial charge in [-0.15, -0.1) is 0 Å². The van der Waals surface area contributed by atoms with Crippen LogP contribution in [-0.2, 0) is 18.1 Å². The van der Waals surface area contributed by atoms with E-state index in [4.69, 9.17) is 11.6 Å². The molecule has 0 atom stereocenters. The Labute approximate surface area is 133 Å². The van der Waals surface area contributed by atoms with Crippen molar-refractivity contribution in [2.24, 2.45) is 12.2 Å². The van der Waals surface area contributed by atoms with Crippen molar-refractivity contribution < 1.29 is 18.0 Å². The number of nitrogens with zero attached hydrogens (tertiary/aromatic N) is 3. The fourth-order valence-corrected chi connectivity index (χ4v) is 2.75. The van der Waals surface area contributed by atoms with Gasteiger partial charge in [-0.2, -0.15) is 18.3 Å². The molecule has 22 heavy (non-hydrogen) atoms. The highest BCUT2D eigenvalue weighted by atomic mass is 35.5. The third-order valence-electron chi connectivity index (χ3n) is 2.61. The third-order valence-corrected chi connectivity index (χ3v) is 4.05. The molecule has 0 aliphatic carbocycles. The van der Waals surface area contributed by atoms with E-state index < -0.39 is 11.9 Å². The van der Waals surface area contributed by atoms with Crippen molar-refractivity contribution in [2.45, 2.75) is 16.1 Å². The van der Waals surface area contributed by atoms with Gasteiger partial charge in [0.2, 0.25) is 0 Å². The summed E-state index contributed by atoms with van der Waals surface area (Å²) in [6.45, 7) is 0. The molecule has 2 aromatic rings. The number of oxime groups is 1. The van der Waals surface area contributed by atoms with Crippen molar-refractivity contribution in [2.75, 3.05) is 7.11 Å². The number of benzene rings is 1. The van der Waals surface area contributed by atoms with Crippen molar-refractivity contribution in [3.8, 4) is 0 Å². The summed E-state index contributed by atoms with van der Waals surface area (Å²) in [5.41, 5.74) is -1.15. The summed E-state index contributed by atoms with van der Waals surface area (Å²) in [6, 6.07) is 6.75. The van der Waals surface area contributed by atoms with Crippen molar-refractivity contribution in [1.82, 2.24) is 9.78 Å². The van der Waals surface area contributed by atoms with Gasteiger partial charge in [0.15, 0.2) is 5.69 Å². The zero-order valence-corrected chi connectivity index (χ0v) is 13.1. The second-order valence-electron chi connectivity index (χ2n) is 4.16. The summed E-state index contributed by atoms with van der Waals surface area (Å²) in [6.07, 6.45) is -3.57. The van der Waals surface area contributed by atoms with E-state index in [2.05, 4.69) is 15.1 Å². The molecule has 0 aliphatic rings. The SMILES string of the molecule is CO/N=C\c1c(C(F)(F)F)nn(C)c1Sc1ccc(Cl)cc1. The van der Waals surface area contributed by atoms with E-state index in [9.17, 15) is 13.2 Å². The van der Waals surface area contributed by atoms with Gasteiger partial charge < -0.3 is 4.84 Å². The van der Waals surface area contributed by atoms with E-state index in [1.165, 1.54) is 18.8 Å². The average Bonchev–Trinajstić information content (AvgIpc) is 2.76. The lowest BCUT2D eigenvalue weighted by Gasteiger charge is -2.05. The molecule has 118 valence electrons. The molecule has 0 saturated heterocycles. The van der Waals surface area contributed by atoms with Crippen LogP contribution in [0.4, 0.5) is 13.2 Å². The maximum Gasteiger partial charge on any atom is 0.435 e. The summed E-state index contributed by atoms with van der Waals surface area (Å²) < 4.78 is 40.3. The zero-order valence-electron chi connectivity index (χ0n) is 11.6. The Kier molecular flexibility index (Phi) is 5.02. The molecule has 0 N–H and O–H groups in total. The Hall–Kier alpha value is -1.67. The lowest BCUT2D eigenvalue weighted by molar-refractivity contribution is -0.141. The molecule has 0 aliphatic heterocycles. The molecule has 1 aromatic carbocycles. The Morgan fingerprint density at radius 3 is 2.50 bits per heavy atom. The fraction of sp³-hybridized carbons (Fsp3) is 0.231. The minimum atomic E-state index is -4.58. The molecule has 0 radical (unpaired) electrons. The predicted octanol–water partition coefficient (Wildman–Crippen LogP) is 4.22. The van der Waals surface area contributed by atoms with E-state index in [-0.39, 0.29) is 5.56 Å². The van der Waals surface area contributed by atoms with E-state index in [1.807, 2.05) is 0 Å². The van der Waals surface area contributed by atoms with E-state index >= 15 is 0 Å². The molecule has 0 fully saturated rings. The first kappa shape index (κ1) is 16.7. The number of rotatable bonds is 4. The number of aryl methyl sites for hydroxylation is 1. The summed E-state index contributed by atoms with van der Waals surface area (Å²) in [7, 11) is 2.70. The van der Waals surface area contributed by atoms with Crippen LogP contribution in [0.2, 0.25) is 5.02 Å². The highest BCUT2D eigenvalue weighted by Crippen LogP contribution is 2.37. The van der Waals surface area contributed by atoms with Crippen LogP contribution < -0.4 is 0 Å². The van der Waals surface area contributed by atoms with Gasteiger partial charge in [-0.05, 0) is 24.3 Å². The number of halogens is 4. The van der Waals surface area contributed by atoms with Gasteiger partial charge in [0, 0.05) is 17.0 Å². The fourth-order valence-electron chi connectivity index (χ4n) is 1.69. The molecule has 1 aromatic heterocycles. The van der Waals surface area contributed by atoms with Gasteiger partial charge in [0.1, 0.15) is 12.1 Å². The monoisotopic (exact) mass is 349 g/mol. The molecule has 0 saturated carbocycles. The van der Waals surface area contributed by atoms with Gasteiger partial charge in [-0.3, -0.25) is 4.68 Å². The molecular weight excluding hydrogens is 339 g/mol. The van der Waals surface area contributed by atoms with Crippen LogP contribution in [0.3, 0.4) is 0 Å². The molecule has 9 heteroatoms. The topological polar surface area (TPSA) is 39.4 Å². The van der Waals surface area contributed by atoms with Gasteiger partial charge in [0.25, 0.3) is 0 Å². The van der Waals surface area contributed by atoms with Crippen LogP contribution in [0.25, 0.3) is 0 Å². The number of aromatic nitrogens is 2. The first-order valence-corrected chi connectivity index (χ1v) is 7.16. The van der Waals surface area contributed by atoms with E-state index in [1.54, 1.807) is 24.3 Å². The summed E-state index contributed by atoms with van der Waals surface area (Å²) >= 11 is 6.93. The molecular formula is C13H11ClF3N3OS. The minimum Gasteiger partial charge on any atom is -0.399 e. The average molecular weight is 350 g/mol. The first-order chi connectivity index (χ1) is 10.3. The molecule has 4 nitrogen and oxygen atoms in total. The Bertz CT molecular complexity index is 683. The van der Waals surface area contributed by atoms with E-state index in [0.29, 0.717) is 10.0 Å². The standard InChI is InChI=1S/C13H11ClF3N3OS/c1-20-12(22-9-5-3-8(14)4-6-9)10(7-18-21-2)11(19-20)13(15,16)17/h3-7H,1-2H3/b18-7-. The van der Waals surface area contributed by atoms with Gasteiger partial charge in [0.05, 0.1) is 11.8 Å². The van der Waals surface area contributed by atoms with Gasteiger partial charge in [-0.1, -0.05) is 28.5 Å². The maximum absolute atomic E-state index is 13.1. The number of hydrogen-bond donors (Lipinski definition) is 0. The van der Waals surface area contributed by atoms with Crippen molar-refractivity contribution in [1.29, 1.82) is 0 Å². The van der Waals surface area contributed by atoms with Crippen LogP contribution in [0.1, 0.15) is 11.3 Å². The summed E-state index contributed by atoms with van der Waals surface area (Å²) in [5.74, 6) is 0. The smallest absolute Gasteiger partial charge is 0.399 e. The van der Waals surface area contributed by atoms with Crippen LogP contribution >= 0.6 is 23.4 Å². The normalized spacial score (nSPS) is 12.1. The van der Waals surface area contributed by atoms with Crippen molar-refractivity contribution >= 4 is 29.6 Å². The predicted molar refractivity (Wildman–Crippen MR) is 78.4 cm³/mol. The summed E-state index contributed by atoms with van der Waals surface area (Å²) in [4.78, 5) is 5.21. The Morgan fingerprint density at radius 1 is 1.32 bits per heavy atom. The Morgan fingerprint density at radius 2 is 1.95 bits per heavy atom. The first-order valence-electron chi connectivity index (χ1n) is 5.97. The van der Waals surface area contributed by atoms with Gasteiger partial charge in [-0.25, -0.2) is 0 Å². The second-order valence-corrected chi connectivity index (χ2v) is 5.66. The molecule has 0 bridgehead atoms. The quantitative estimate of drug-likeness (QED) is 0.612. The van der Waals surface area contributed by atoms with Crippen LogP contribution in [0.15, 0.2) is 39.3 Å². The number of alkyl halides is 3. The minimum absolute atomic E-state index is 0.142. The molecule has 1 heterocycles. The van der Waals surface area contributed by atoms with Crippen molar-refractivity contribution in [3.05, 3.63) is 40.5 Å². The largest absolute Gasteiger partial charge is 0.435 e. The Balaban J connectivity index is 2.47.